The van der Waals surface area contributed by atoms with Crippen LogP contribution in [-0.4, -0.2) is 48.2 Å². The highest BCUT2D eigenvalue weighted by Gasteiger charge is 2.30. The fourth-order valence-electron chi connectivity index (χ4n) is 1.71. The number of aliphatic hydroxyl groups is 1. The lowest BCUT2D eigenvalue weighted by atomic mass is 10.1. The van der Waals surface area contributed by atoms with Gasteiger partial charge in [-0.05, 0) is 13.3 Å². The van der Waals surface area contributed by atoms with Gasteiger partial charge in [-0.3, -0.25) is 4.79 Å². The number of carbonyl (C=O) groups is 1. The highest BCUT2D eigenvalue weighted by Crippen LogP contribution is 2.09. The van der Waals surface area contributed by atoms with Crippen molar-refractivity contribution in [2.75, 3.05) is 20.1 Å². The highest BCUT2D eigenvalue weighted by molar-refractivity contribution is 5.82. The highest BCUT2D eigenvalue weighted by atomic mass is 16.3. The average molecular weight is 211 g/mol. The molecule has 0 aromatic carbocycles. The van der Waals surface area contributed by atoms with Crippen LogP contribution in [0, 0.1) is 17.2 Å². The van der Waals surface area contributed by atoms with Crippen molar-refractivity contribution in [3.8, 4) is 6.07 Å². The molecule has 1 aliphatic rings. The Labute approximate surface area is 89.7 Å². The van der Waals surface area contributed by atoms with Gasteiger partial charge in [0, 0.05) is 20.1 Å². The fourth-order valence-corrected chi connectivity index (χ4v) is 1.71. The van der Waals surface area contributed by atoms with E-state index in [4.69, 9.17) is 5.26 Å². The van der Waals surface area contributed by atoms with Crippen LogP contribution in [0.15, 0.2) is 0 Å². The molecular formula is C10H17N3O2. The van der Waals surface area contributed by atoms with Crippen LogP contribution < -0.4 is 5.32 Å². The Bertz CT molecular complexity index is 274. The first-order valence-electron chi connectivity index (χ1n) is 5.10. The minimum absolute atomic E-state index is 0.0475. The van der Waals surface area contributed by atoms with Gasteiger partial charge in [0.15, 0.2) is 0 Å². The topological polar surface area (TPSA) is 76.4 Å². The number of likely N-dealkylation sites (N-methyl/N-ethyl adjacent to an activating group) is 1. The number of amides is 1. The van der Waals surface area contributed by atoms with E-state index < -0.39 is 6.10 Å². The number of hydrogen-bond acceptors (Lipinski definition) is 4. The molecule has 0 spiro atoms. The number of rotatable bonds is 3. The van der Waals surface area contributed by atoms with Gasteiger partial charge >= 0.3 is 0 Å². The number of carbonyl (C=O) groups excluding carboxylic acids is 1. The molecule has 0 saturated carbocycles. The van der Waals surface area contributed by atoms with Gasteiger partial charge in [-0.25, -0.2) is 0 Å². The lowest BCUT2D eigenvalue weighted by molar-refractivity contribution is -0.132. The molecule has 1 amide bonds. The Morgan fingerprint density at radius 1 is 1.80 bits per heavy atom. The summed E-state index contributed by atoms with van der Waals surface area (Å²) in [6.07, 6.45) is 0.0325. The number of β-amino-alcohol motifs (C(OH)–C–C–N with tert-alkyl or cyclic N) is 1. The van der Waals surface area contributed by atoms with E-state index in [0.717, 1.165) is 0 Å². The molecule has 0 aromatic rings. The van der Waals surface area contributed by atoms with Crippen LogP contribution in [0.5, 0.6) is 0 Å². The zero-order chi connectivity index (χ0) is 11.4. The minimum atomic E-state index is -0.430. The quantitative estimate of drug-likeness (QED) is 0.649. The Balaban J connectivity index is 2.43. The second-order valence-corrected chi connectivity index (χ2v) is 4.10. The first kappa shape index (κ1) is 12.0. The molecule has 1 aliphatic heterocycles. The van der Waals surface area contributed by atoms with E-state index in [1.165, 1.54) is 0 Å². The number of nitriles is 1. The van der Waals surface area contributed by atoms with Crippen molar-refractivity contribution in [1.82, 2.24) is 10.2 Å². The van der Waals surface area contributed by atoms with E-state index in [9.17, 15) is 9.90 Å². The molecule has 15 heavy (non-hydrogen) atoms. The standard InChI is InChI=1S/C10H17N3O2/c1-7(4-11)6-13(2)10(15)9-3-8(14)5-12-9/h7-9,12,14H,3,5-6H2,1-2H3. The SMILES string of the molecule is CC(C#N)CN(C)C(=O)C1CC(O)CN1. The molecule has 0 bridgehead atoms. The third-order valence-corrected chi connectivity index (χ3v) is 2.55. The summed E-state index contributed by atoms with van der Waals surface area (Å²) in [6.45, 7) is 2.68. The predicted molar refractivity (Wildman–Crippen MR) is 54.8 cm³/mol. The molecule has 84 valence electrons. The minimum Gasteiger partial charge on any atom is -0.392 e. The summed E-state index contributed by atoms with van der Waals surface area (Å²) in [7, 11) is 1.68. The van der Waals surface area contributed by atoms with E-state index in [2.05, 4.69) is 11.4 Å². The summed E-state index contributed by atoms with van der Waals surface area (Å²) >= 11 is 0. The second kappa shape index (κ2) is 5.10. The molecule has 1 rings (SSSR count). The molecule has 1 heterocycles. The van der Waals surface area contributed by atoms with Crippen molar-refractivity contribution in [2.45, 2.75) is 25.5 Å². The van der Waals surface area contributed by atoms with Gasteiger partial charge in [0.05, 0.1) is 24.1 Å². The lowest BCUT2D eigenvalue weighted by Gasteiger charge is -2.21. The van der Waals surface area contributed by atoms with Gasteiger partial charge in [-0.2, -0.15) is 5.26 Å². The van der Waals surface area contributed by atoms with Gasteiger partial charge in [-0.15, -0.1) is 0 Å². The van der Waals surface area contributed by atoms with Crippen molar-refractivity contribution < 1.29 is 9.90 Å². The van der Waals surface area contributed by atoms with Crippen molar-refractivity contribution >= 4 is 5.91 Å². The zero-order valence-corrected chi connectivity index (χ0v) is 9.10. The van der Waals surface area contributed by atoms with Crippen LogP contribution in [0.1, 0.15) is 13.3 Å². The maximum absolute atomic E-state index is 11.8. The van der Waals surface area contributed by atoms with Crippen LogP contribution >= 0.6 is 0 Å². The molecule has 1 fully saturated rings. The molecule has 0 radical (unpaired) electrons. The first-order valence-corrected chi connectivity index (χ1v) is 5.10. The van der Waals surface area contributed by atoms with Crippen molar-refractivity contribution in [2.24, 2.45) is 5.92 Å². The largest absolute Gasteiger partial charge is 0.392 e. The predicted octanol–water partition coefficient (Wildman–Crippen LogP) is -0.673. The van der Waals surface area contributed by atoms with Gasteiger partial charge in [0.1, 0.15) is 0 Å². The zero-order valence-electron chi connectivity index (χ0n) is 9.10. The molecule has 0 aliphatic carbocycles. The van der Waals surface area contributed by atoms with Crippen molar-refractivity contribution in [3.05, 3.63) is 0 Å². The third-order valence-electron chi connectivity index (χ3n) is 2.55. The Morgan fingerprint density at radius 2 is 2.47 bits per heavy atom. The lowest BCUT2D eigenvalue weighted by Crippen LogP contribution is -2.43. The fraction of sp³-hybridized carbons (Fsp3) is 0.800. The maximum Gasteiger partial charge on any atom is 0.239 e. The molecule has 3 atom stereocenters. The Morgan fingerprint density at radius 3 is 2.93 bits per heavy atom. The van der Waals surface area contributed by atoms with Crippen molar-refractivity contribution in [3.63, 3.8) is 0 Å². The molecule has 0 aromatic heterocycles. The summed E-state index contributed by atoms with van der Waals surface area (Å²) in [4.78, 5) is 13.3. The summed E-state index contributed by atoms with van der Waals surface area (Å²) in [5, 5.41) is 20.9. The Hall–Kier alpha value is -1.12. The van der Waals surface area contributed by atoms with E-state index in [-0.39, 0.29) is 17.9 Å². The van der Waals surface area contributed by atoms with E-state index in [1.54, 1.807) is 18.9 Å². The molecule has 5 heteroatoms. The Kier molecular flexibility index (Phi) is 4.06. The normalized spacial score (nSPS) is 27.1. The second-order valence-electron chi connectivity index (χ2n) is 4.10. The van der Waals surface area contributed by atoms with E-state index >= 15 is 0 Å². The molecule has 5 nitrogen and oxygen atoms in total. The average Bonchev–Trinajstić information content (AvgIpc) is 2.63. The number of aliphatic hydroxyl groups excluding tert-OH is 1. The van der Waals surface area contributed by atoms with Crippen LogP contribution in [0.2, 0.25) is 0 Å². The van der Waals surface area contributed by atoms with Gasteiger partial charge in [0.25, 0.3) is 0 Å². The maximum atomic E-state index is 11.8. The van der Waals surface area contributed by atoms with Gasteiger partial charge < -0.3 is 15.3 Å². The summed E-state index contributed by atoms with van der Waals surface area (Å²) in [6, 6.07) is 1.79. The van der Waals surface area contributed by atoms with Crippen LogP contribution in [0.25, 0.3) is 0 Å². The number of hydrogen-bond donors (Lipinski definition) is 2. The summed E-state index contributed by atoms with van der Waals surface area (Å²) in [5.74, 6) is -0.209. The van der Waals surface area contributed by atoms with Crippen molar-refractivity contribution in [1.29, 1.82) is 5.26 Å². The smallest absolute Gasteiger partial charge is 0.239 e. The van der Waals surface area contributed by atoms with Crippen LogP contribution in [0.4, 0.5) is 0 Å². The van der Waals surface area contributed by atoms with E-state index in [0.29, 0.717) is 19.5 Å². The van der Waals surface area contributed by atoms with Gasteiger partial charge in [0.2, 0.25) is 5.91 Å². The monoisotopic (exact) mass is 211 g/mol. The van der Waals surface area contributed by atoms with Crippen LogP contribution in [0.3, 0.4) is 0 Å². The summed E-state index contributed by atoms with van der Waals surface area (Å²) < 4.78 is 0. The van der Waals surface area contributed by atoms with E-state index in [1.807, 2.05) is 0 Å². The molecule has 2 N–H and O–H groups in total. The number of nitrogens with zero attached hydrogens (tertiary/aromatic N) is 2. The third kappa shape index (κ3) is 3.18. The first-order chi connectivity index (χ1) is 7.04. The molecule has 1 saturated heterocycles. The molecule has 3 unspecified atom stereocenters. The van der Waals surface area contributed by atoms with Gasteiger partial charge in [-0.1, -0.05) is 0 Å². The summed E-state index contributed by atoms with van der Waals surface area (Å²) in [5.41, 5.74) is 0. The molecular weight excluding hydrogens is 194 g/mol. The number of nitrogens with one attached hydrogen (secondary N) is 1. The van der Waals surface area contributed by atoms with Crippen LogP contribution in [-0.2, 0) is 4.79 Å².